The SMILES string of the molecule is CCc1cc(CC(NC)c2ccc(I)cc2)n(C)n1. The molecule has 0 aliphatic carbocycles. The first-order valence-corrected chi connectivity index (χ1v) is 7.66. The fourth-order valence-corrected chi connectivity index (χ4v) is 2.59. The summed E-state index contributed by atoms with van der Waals surface area (Å²) in [6.07, 6.45) is 1.95. The zero-order valence-electron chi connectivity index (χ0n) is 11.7. The minimum Gasteiger partial charge on any atom is -0.313 e. The average Bonchev–Trinajstić information content (AvgIpc) is 2.78. The first-order chi connectivity index (χ1) is 9.13. The van der Waals surface area contributed by atoms with Crippen molar-refractivity contribution in [2.45, 2.75) is 25.8 Å². The van der Waals surface area contributed by atoms with Gasteiger partial charge in [-0.05, 0) is 59.8 Å². The van der Waals surface area contributed by atoms with Crippen molar-refractivity contribution in [3.05, 3.63) is 50.9 Å². The van der Waals surface area contributed by atoms with E-state index in [9.17, 15) is 0 Å². The standard InChI is InChI=1S/C15H20IN3/c1-4-13-9-14(19(3)18-13)10-15(17-2)11-5-7-12(16)8-6-11/h5-9,15,17H,4,10H2,1-3H3. The molecule has 2 rings (SSSR count). The molecule has 19 heavy (non-hydrogen) atoms. The zero-order valence-corrected chi connectivity index (χ0v) is 13.8. The van der Waals surface area contributed by atoms with E-state index in [4.69, 9.17) is 0 Å². The van der Waals surface area contributed by atoms with Crippen molar-refractivity contribution >= 4 is 22.6 Å². The summed E-state index contributed by atoms with van der Waals surface area (Å²) in [6, 6.07) is 11.2. The van der Waals surface area contributed by atoms with Crippen molar-refractivity contribution in [3.63, 3.8) is 0 Å². The second kappa shape index (κ2) is 6.52. The molecular weight excluding hydrogens is 349 g/mol. The molecule has 0 saturated heterocycles. The molecule has 1 unspecified atom stereocenters. The molecule has 1 N–H and O–H groups in total. The third-order valence-electron chi connectivity index (χ3n) is 3.42. The maximum Gasteiger partial charge on any atom is 0.0624 e. The van der Waals surface area contributed by atoms with Gasteiger partial charge in [0.05, 0.1) is 5.69 Å². The fraction of sp³-hybridized carbons (Fsp3) is 0.400. The van der Waals surface area contributed by atoms with Gasteiger partial charge in [-0.1, -0.05) is 19.1 Å². The number of benzene rings is 1. The molecule has 1 aromatic heterocycles. The van der Waals surface area contributed by atoms with Crippen LogP contribution in [-0.4, -0.2) is 16.8 Å². The van der Waals surface area contributed by atoms with Crippen molar-refractivity contribution in [1.82, 2.24) is 15.1 Å². The van der Waals surface area contributed by atoms with Crippen LogP contribution in [0.2, 0.25) is 0 Å². The Hall–Kier alpha value is -0.880. The summed E-state index contributed by atoms with van der Waals surface area (Å²) in [4.78, 5) is 0. The minimum atomic E-state index is 0.331. The van der Waals surface area contributed by atoms with Gasteiger partial charge in [-0.15, -0.1) is 0 Å². The number of aromatic nitrogens is 2. The number of hydrogen-bond acceptors (Lipinski definition) is 2. The van der Waals surface area contributed by atoms with Crippen LogP contribution in [-0.2, 0) is 19.9 Å². The second-order valence-corrected chi connectivity index (χ2v) is 5.95. The van der Waals surface area contributed by atoms with E-state index in [0.29, 0.717) is 6.04 Å². The van der Waals surface area contributed by atoms with Gasteiger partial charge in [0.15, 0.2) is 0 Å². The largest absolute Gasteiger partial charge is 0.313 e. The van der Waals surface area contributed by atoms with Crippen molar-refractivity contribution < 1.29 is 0 Å². The molecule has 102 valence electrons. The number of halogens is 1. The van der Waals surface area contributed by atoms with Gasteiger partial charge in [-0.2, -0.15) is 5.10 Å². The molecule has 0 radical (unpaired) electrons. The molecule has 1 atom stereocenters. The van der Waals surface area contributed by atoms with E-state index in [0.717, 1.165) is 18.5 Å². The fourth-order valence-electron chi connectivity index (χ4n) is 2.23. The highest BCUT2D eigenvalue weighted by atomic mass is 127. The molecular formula is C15H20IN3. The third kappa shape index (κ3) is 3.57. The number of nitrogens with one attached hydrogen (secondary N) is 1. The highest BCUT2D eigenvalue weighted by Crippen LogP contribution is 2.19. The third-order valence-corrected chi connectivity index (χ3v) is 4.14. The molecule has 0 spiro atoms. The monoisotopic (exact) mass is 369 g/mol. The summed E-state index contributed by atoms with van der Waals surface area (Å²) in [7, 11) is 4.04. The number of aryl methyl sites for hydroxylation is 2. The van der Waals surface area contributed by atoms with Crippen LogP contribution in [0.15, 0.2) is 30.3 Å². The van der Waals surface area contributed by atoms with E-state index >= 15 is 0 Å². The van der Waals surface area contributed by atoms with Gasteiger partial charge in [0, 0.05) is 28.8 Å². The van der Waals surface area contributed by atoms with Crippen LogP contribution in [0, 0.1) is 3.57 Å². The van der Waals surface area contributed by atoms with E-state index in [1.165, 1.54) is 14.8 Å². The van der Waals surface area contributed by atoms with Crippen molar-refractivity contribution in [2.24, 2.45) is 7.05 Å². The maximum absolute atomic E-state index is 4.51. The zero-order chi connectivity index (χ0) is 13.8. The molecule has 3 nitrogen and oxygen atoms in total. The molecule has 0 saturated carbocycles. The summed E-state index contributed by atoms with van der Waals surface area (Å²) in [5.41, 5.74) is 3.76. The quantitative estimate of drug-likeness (QED) is 0.821. The Morgan fingerprint density at radius 1 is 1.32 bits per heavy atom. The lowest BCUT2D eigenvalue weighted by Crippen LogP contribution is -2.20. The molecule has 0 aliphatic heterocycles. The van der Waals surface area contributed by atoms with Gasteiger partial charge >= 0.3 is 0 Å². The highest BCUT2D eigenvalue weighted by Gasteiger charge is 2.13. The highest BCUT2D eigenvalue weighted by molar-refractivity contribution is 14.1. The Morgan fingerprint density at radius 2 is 2.00 bits per heavy atom. The number of hydrogen-bond donors (Lipinski definition) is 1. The van der Waals surface area contributed by atoms with E-state index < -0.39 is 0 Å². The summed E-state index contributed by atoms with van der Waals surface area (Å²) in [6.45, 7) is 2.14. The first kappa shape index (κ1) is 14.5. The number of nitrogens with zero attached hydrogens (tertiary/aromatic N) is 2. The molecule has 0 amide bonds. The molecule has 4 heteroatoms. The van der Waals surface area contributed by atoms with Gasteiger partial charge in [-0.3, -0.25) is 4.68 Å². The Morgan fingerprint density at radius 3 is 2.53 bits per heavy atom. The summed E-state index contributed by atoms with van der Waals surface area (Å²) >= 11 is 2.33. The van der Waals surface area contributed by atoms with Gasteiger partial charge < -0.3 is 5.32 Å². The lowest BCUT2D eigenvalue weighted by Gasteiger charge is -2.16. The van der Waals surface area contributed by atoms with Crippen molar-refractivity contribution in [3.8, 4) is 0 Å². The maximum atomic E-state index is 4.51. The van der Waals surface area contributed by atoms with Gasteiger partial charge in [-0.25, -0.2) is 0 Å². The van der Waals surface area contributed by atoms with Crippen molar-refractivity contribution in [2.75, 3.05) is 7.05 Å². The van der Waals surface area contributed by atoms with Gasteiger partial charge in [0.25, 0.3) is 0 Å². The predicted molar refractivity (Wildman–Crippen MR) is 87.2 cm³/mol. The van der Waals surface area contributed by atoms with Crippen molar-refractivity contribution in [1.29, 1.82) is 0 Å². The van der Waals surface area contributed by atoms with Crippen LogP contribution in [0.5, 0.6) is 0 Å². The van der Waals surface area contributed by atoms with Gasteiger partial charge in [0.1, 0.15) is 0 Å². The Balaban J connectivity index is 2.18. The Kier molecular flexibility index (Phi) is 4.99. The Bertz CT molecular complexity index is 531. The number of rotatable bonds is 5. The summed E-state index contributed by atoms with van der Waals surface area (Å²) in [5.74, 6) is 0. The van der Waals surface area contributed by atoms with E-state index in [-0.39, 0.29) is 0 Å². The minimum absolute atomic E-state index is 0.331. The normalized spacial score (nSPS) is 12.6. The molecule has 2 aromatic rings. The lowest BCUT2D eigenvalue weighted by molar-refractivity contribution is 0.561. The summed E-state index contributed by atoms with van der Waals surface area (Å²) in [5, 5.41) is 7.91. The van der Waals surface area contributed by atoms with Gasteiger partial charge in [0.2, 0.25) is 0 Å². The number of likely N-dealkylation sites (N-methyl/N-ethyl adjacent to an activating group) is 1. The van der Waals surface area contributed by atoms with Crippen LogP contribution in [0.4, 0.5) is 0 Å². The van der Waals surface area contributed by atoms with Crippen LogP contribution in [0.25, 0.3) is 0 Å². The molecule has 1 heterocycles. The summed E-state index contributed by atoms with van der Waals surface area (Å²) < 4.78 is 3.26. The molecule has 0 bridgehead atoms. The molecule has 0 fully saturated rings. The van der Waals surface area contributed by atoms with E-state index in [1.807, 2.05) is 18.8 Å². The van der Waals surface area contributed by atoms with Crippen LogP contribution in [0.1, 0.15) is 29.9 Å². The predicted octanol–water partition coefficient (Wildman–Crippen LogP) is 3.09. The first-order valence-electron chi connectivity index (χ1n) is 6.58. The second-order valence-electron chi connectivity index (χ2n) is 4.70. The lowest BCUT2D eigenvalue weighted by atomic mass is 10.0. The average molecular weight is 369 g/mol. The van der Waals surface area contributed by atoms with E-state index in [2.05, 4.69) is 70.3 Å². The Labute approximate surface area is 128 Å². The van der Waals surface area contributed by atoms with E-state index in [1.54, 1.807) is 0 Å². The van der Waals surface area contributed by atoms with Crippen LogP contribution < -0.4 is 5.32 Å². The smallest absolute Gasteiger partial charge is 0.0624 e. The van der Waals surface area contributed by atoms with Crippen LogP contribution >= 0.6 is 22.6 Å². The molecule has 0 aliphatic rings. The molecule has 1 aromatic carbocycles. The topological polar surface area (TPSA) is 29.9 Å². The van der Waals surface area contributed by atoms with Crippen LogP contribution in [0.3, 0.4) is 0 Å².